The van der Waals surface area contributed by atoms with Crippen LogP contribution in [0.2, 0.25) is 0 Å². The van der Waals surface area contributed by atoms with Gasteiger partial charge < -0.3 is 4.74 Å². The quantitative estimate of drug-likeness (QED) is 0.484. The van der Waals surface area contributed by atoms with Crippen LogP contribution in [0.1, 0.15) is 63.0 Å². The average Bonchev–Trinajstić information content (AvgIpc) is 2.72. The van der Waals surface area contributed by atoms with Crippen LogP contribution in [0.25, 0.3) is 11.1 Å². The topological polar surface area (TPSA) is 9.23 Å². The first-order valence-corrected chi connectivity index (χ1v) is 10.2. The molecule has 3 rings (SSSR count). The van der Waals surface area contributed by atoms with Crippen molar-refractivity contribution in [2.45, 2.75) is 58.5 Å². The van der Waals surface area contributed by atoms with E-state index in [-0.39, 0.29) is 0 Å². The molecule has 0 radical (unpaired) electrons. The highest BCUT2D eigenvalue weighted by Crippen LogP contribution is 2.37. The van der Waals surface area contributed by atoms with Crippen molar-refractivity contribution in [2.75, 3.05) is 6.61 Å². The molecule has 2 aromatic carbocycles. The van der Waals surface area contributed by atoms with E-state index in [2.05, 4.69) is 67.6 Å². The lowest BCUT2D eigenvalue weighted by molar-refractivity contribution is 0.134. The lowest BCUT2D eigenvalue weighted by atomic mass is 9.77. The second-order valence-corrected chi connectivity index (χ2v) is 7.48. The predicted octanol–water partition coefficient (Wildman–Crippen LogP) is 7.13. The van der Waals surface area contributed by atoms with E-state index in [9.17, 15) is 0 Å². The van der Waals surface area contributed by atoms with Gasteiger partial charge in [0, 0.05) is 6.61 Å². The van der Waals surface area contributed by atoms with Gasteiger partial charge in [-0.1, -0.05) is 60.7 Å². The highest BCUT2D eigenvalue weighted by atomic mass is 16.5. The number of hydrogen-bond acceptors (Lipinski definition) is 1. The van der Waals surface area contributed by atoms with Crippen LogP contribution >= 0.6 is 0 Å². The van der Waals surface area contributed by atoms with Crippen molar-refractivity contribution in [1.82, 2.24) is 0 Å². The van der Waals surface area contributed by atoms with Crippen LogP contribution in [0.3, 0.4) is 0 Å². The fourth-order valence-electron chi connectivity index (χ4n) is 4.02. The van der Waals surface area contributed by atoms with Crippen molar-refractivity contribution in [3.05, 3.63) is 71.8 Å². The third kappa shape index (κ3) is 5.08. The minimum absolute atomic E-state index is 0.701. The third-order valence-electron chi connectivity index (χ3n) is 5.69. The van der Waals surface area contributed by atoms with Gasteiger partial charge in [0.15, 0.2) is 0 Å². The second kappa shape index (κ2) is 9.73. The molecule has 138 valence electrons. The molecule has 0 atom stereocenters. The van der Waals surface area contributed by atoms with Gasteiger partial charge >= 0.3 is 0 Å². The molecule has 1 fully saturated rings. The second-order valence-electron chi connectivity index (χ2n) is 7.48. The number of rotatable bonds is 7. The molecule has 1 nitrogen and oxygen atoms in total. The summed E-state index contributed by atoms with van der Waals surface area (Å²) >= 11 is 0. The van der Waals surface area contributed by atoms with Gasteiger partial charge in [0.25, 0.3) is 0 Å². The Kier molecular flexibility index (Phi) is 7.08. The lowest BCUT2D eigenvalue weighted by Gasteiger charge is -2.28. The van der Waals surface area contributed by atoms with Crippen LogP contribution < -0.4 is 0 Å². The molecule has 0 aliphatic heterocycles. The summed E-state index contributed by atoms with van der Waals surface area (Å²) in [6, 6.07) is 18.0. The number of ether oxygens (including phenoxy) is 1. The van der Waals surface area contributed by atoms with E-state index >= 15 is 0 Å². The van der Waals surface area contributed by atoms with Gasteiger partial charge in [-0.3, -0.25) is 0 Å². The Labute approximate surface area is 159 Å². The minimum atomic E-state index is 0.701. The Morgan fingerprint density at radius 1 is 0.885 bits per heavy atom. The summed E-state index contributed by atoms with van der Waals surface area (Å²) < 4.78 is 5.47. The minimum Gasteiger partial charge on any atom is -0.377 e. The van der Waals surface area contributed by atoms with Crippen LogP contribution in [0.5, 0.6) is 0 Å². The van der Waals surface area contributed by atoms with Crippen LogP contribution in [-0.2, 0) is 11.3 Å². The molecule has 0 unspecified atom stereocenters. The van der Waals surface area contributed by atoms with Gasteiger partial charge in [-0.05, 0) is 80.0 Å². The molecule has 1 heteroatoms. The van der Waals surface area contributed by atoms with Crippen molar-refractivity contribution >= 4 is 0 Å². The number of benzene rings is 2. The molecule has 0 bridgehead atoms. The summed E-state index contributed by atoms with van der Waals surface area (Å²) in [6.07, 6.45) is 11.2. The Balaban J connectivity index is 1.58. The number of allylic oxidation sites excluding steroid dienone is 2. The van der Waals surface area contributed by atoms with Crippen molar-refractivity contribution in [3.63, 3.8) is 0 Å². The fourth-order valence-corrected chi connectivity index (χ4v) is 4.02. The highest BCUT2D eigenvalue weighted by molar-refractivity contribution is 5.64. The summed E-state index contributed by atoms with van der Waals surface area (Å²) in [5, 5.41) is 0. The Morgan fingerprint density at radius 3 is 2.08 bits per heavy atom. The molecule has 1 aliphatic rings. The monoisotopic (exact) mass is 348 g/mol. The van der Waals surface area contributed by atoms with Gasteiger partial charge in [0.2, 0.25) is 0 Å². The Bertz CT molecular complexity index is 673. The maximum atomic E-state index is 5.47. The van der Waals surface area contributed by atoms with Crippen molar-refractivity contribution in [3.8, 4) is 11.1 Å². The molecule has 0 N–H and O–H groups in total. The molecule has 0 spiro atoms. The molecule has 2 aromatic rings. The molecule has 26 heavy (non-hydrogen) atoms. The van der Waals surface area contributed by atoms with E-state index < -0.39 is 0 Å². The summed E-state index contributed by atoms with van der Waals surface area (Å²) in [4.78, 5) is 0. The molecule has 0 aromatic heterocycles. The SMILES string of the molecule is C/C=C/C[C@H]1CC[C@H](c2ccc(-c3ccc(COCC)cc3)cc2)CC1. The Morgan fingerprint density at radius 2 is 1.50 bits per heavy atom. The molecule has 1 saturated carbocycles. The predicted molar refractivity (Wildman–Crippen MR) is 111 cm³/mol. The largest absolute Gasteiger partial charge is 0.377 e. The molecule has 0 heterocycles. The van der Waals surface area contributed by atoms with Gasteiger partial charge in [0.05, 0.1) is 6.61 Å². The highest BCUT2D eigenvalue weighted by Gasteiger charge is 2.21. The Hall–Kier alpha value is -1.86. The summed E-state index contributed by atoms with van der Waals surface area (Å²) in [7, 11) is 0. The molecular formula is C25H32O. The van der Waals surface area contributed by atoms with Crippen LogP contribution in [0, 0.1) is 5.92 Å². The van der Waals surface area contributed by atoms with Crippen LogP contribution in [0.15, 0.2) is 60.7 Å². The van der Waals surface area contributed by atoms with Crippen molar-refractivity contribution < 1.29 is 4.74 Å². The summed E-state index contributed by atoms with van der Waals surface area (Å²) in [5.74, 6) is 1.65. The lowest BCUT2D eigenvalue weighted by Crippen LogP contribution is -2.12. The van der Waals surface area contributed by atoms with Crippen molar-refractivity contribution in [2.24, 2.45) is 5.92 Å². The fraction of sp³-hybridized carbons (Fsp3) is 0.440. The third-order valence-corrected chi connectivity index (χ3v) is 5.69. The van der Waals surface area contributed by atoms with Crippen molar-refractivity contribution in [1.29, 1.82) is 0 Å². The van der Waals surface area contributed by atoms with Gasteiger partial charge in [-0.15, -0.1) is 0 Å². The smallest absolute Gasteiger partial charge is 0.0716 e. The molecular weight excluding hydrogens is 316 g/mol. The maximum Gasteiger partial charge on any atom is 0.0716 e. The standard InChI is InChI=1S/C25H32O/c1-3-5-6-20-7-11-22(12-8-20)24-15-17-25(18-16-24)23-13-9-21(10-14-23)19-26-4-2/h3,5,9-10,13-18,20,22H,4,6-8,11-12,19H2,1-2H3/b5-3+/t20-,22-. The van der Waals surface area contributed by atoms with E-state index in [1.807, 2.05) is 6.92 Å². The van der Waals surface area contributed by atoms with E-state index in [1.165, 1.54) is 54.4 Å². The zero-order chi connectivity index (χ0) is 18.2. The molecule has 0 saturated heterocycles. The maximum absolute atomic E-state index is 5.47. The summed E-state index contributed by atoms with van der Waals surface area (Å²) in [5.41, 5.74) is 5.35. The zero-order valence-electron chi connectivity index (χ0n) is 16.3. The first-order valence-electron chi connectivity index (χ1n) is 10.2. The van der Waals surface area contributed by atoms with Crippen LogP contribution in [0.4, 0.5) is 0 Å². The zero-order valence-corrected chi connectivity index (χ0v) is 16.3. The average molecular weight is 349 g/mol. The molecule has 0 amide bonds. The first-order chi connectivity index (χ1) is 12.8. The van der Waals surface area contributed by atoms with Gasteiger partial charge in [-0.25, -0.2) is 0 Å². The van der Waals surface area contributed by atoms with Gasteiger partial charge in [0.1, 0.15) is 0 Å². The van der Waals surface area contributed by atoms with E-state index in [0.29, 0.717) is 6.61 Å². The number of hydrogen-bond donors (Lipinski definition) is 0. The first kappa shape index (κ1) is 18.9. The van der Waals surface area contributed by atoms with E-state index in [4.69, 9.17) is 4.74 Å². The summed E-state index contributed by atoms with van der Waals surface area (Å²) in [6.45, 7) is 5.62. The van der Waals surface area contributed by atoms with E-state index in [0.717, 1.165) is 18.4 Å². The molecule has 1 aliphatic carbocycles. The van der Waals surface area contributed by atoms with E-state index in [1.54, 1.807) is 0 Å². The van der Waals surface area contributed by atoms with Gasteiger partial charge in [-0.2, -0.15) is 0 Å². The normalized spacial score (nSPS) is 20.5. The van der Waals surface area contributed by atoms with Crippen LogP contribution in [-0.4, -0.2) is 6.61 Å².